The number of nitrogens with one attached hydrogen (secondary N) is 1. The summed E-state index contributed by atoms with van der Waals surface area (Å²) >= 11 is 0. The molecule has 154 valence electrons. The van der Waals surface area contributed by atoms with Crippen LogP contribution in [0.25, 0.3) is 11.5 Å². The van der Waals surface area contributed by atoms with Gasteiger partial charge in [0.2, 0.25) is 5.91 Å². The third-order valence-electron chi connectivity index (χ3n) is 5.35. The van der Waals surface area contributed by atoms with Crippen LogP contribution in [0.3, 0.4) is 0 Å². The van der Waals surface area contributed by atoms with Crippen molar-refractivity contribution in [2.45, 2.75) is 12.8 Å². The Hall–Kier alpha value is -3.55. The summed E-state index contributed by atoms with van der Waals surface area (Å²) in [6.45, 7) is 2.51. The molecular formula is C22H22N4O4. The van der Waals surface area contributed by atoms with Gasteiger partial charge in [-0.05, 0) is 49.2 Å². The highest BCUT2D eigenvalue weighted by Crippen LogP contribution is 2.33. The summed E-state index contributed by atoms with van der Waals surface area (Å²) in [4.78, 5) is 15.0. The Bertz CT molecular complexity index is 1020. The van der Waals surface area contributed by atoms with E-state index in [0.717, 1.165) is 25.2 Å². The van der Waals surface area contributed by atoms with Gasteiger partial charge in [-0.3, -0.25) is 4.79 Å². The lowest BCUT2D eigenvalue weighted by Crippen LogP contribution is -2.41. The summed E-state index contributed by atoms with van der Waals surface area (Å²) in [5, 5.41) is 11.6. The SMILES string of the molecule is O=C(Nc1ccc2c(c1)OCCO2)C1CCCN(c2ccc(-c3ccco3)nn2)C1. The van der Waals surface area contributed by atoms with Crippen molar-refractivity contribution in [1.82, 2.24) is 10.2 Å². The van der Waals surface area contributed by atoms with Crippen LogP contribution in [-0.4, -0.2) is 42.4 Å². The van der Waals surface area contributed by atoms with Crippen LogP contribution >= 0.6 is 0 Å². The van der Waals surface area contributed by atoms with Crippen LogP contribution in [0.1, 0.15) is 12.8 Å². The molecule has 1 unspecified atom stereocenters. The minimum absolute atomic E-state index is 0.00320. The highest BCUT2D eigenvalue weighted by Gasteiger charge is 2.27. The molecule has 2 aliphatic rings. The maximum Gasteiger partial charge on any atom is 0.229 e. The molecule has 8 heteroatoms. The largest absolute Gasteiger partial charge is 0.486 e. The first-order chi connectivity index (χ1) is 14.8. The van der Waals surface area contributed by atoms with Crippen LogP contribution in [0, 0.1) is 5.92 Å². The van der Waals surface area contributed by atoms with Crippen molar-refractivity contribution in [3.05, 3.63) is 48.7 Å². The Morgan fingerprint density at radius 1 is 1.07 bits per heavy atom. The van der Waals surface area contributed by atoms with Gasteiger partial charge in [-0.2, -0.15) is 0 Å². The molecule has 1 atom stereocenters. The summed E-state index contributed by atoms with van der Waals surface area (Å²) in [6, 6.07) is 13.0. The van der Waals surface area contributed by atoms with Crippen molar-refractivity contribution in [2.24, 2.45) is 5.92 Å². The average Bonchev–Trinajstić information content (AvgIpc) is 3.34. The van der Waals surface area contributed by atoms with Gasteiger partial charge >= 0.3 is 0 Å². The normalized spacial score (nSPS) is 18.1. The number of piperidine rings is 1. The first-order valence-corrected chi connectivity index (χ1v) is 10.1. The maximum absolute atomic E-state index is 12.9. The number of amides is 1. The second-order valence-corrected chi connectivity index (χ2v) is 7.39. The predicted octanol–water partition coefficient (Wildman–Crippen LogP) is 3.36. The van der Waals surface area contributed by atoms with Crippen LogP contribution in [0.2, 0.25) is 0 Å². The highest BCUT2D eigenvalue weighted by molar-refractivity contribution is 5.93. The van der Waals surface area contributed by atoms with E-state index in [9.17, 15) is 4.79 Å². The van der Waals surface area contributed by atoms with E-state index in [0.29, 0.717) is 48.4 Å². The molecule has 2 aromatic heterocycles. The Kier molecular flexibility index (Phi) is 4.96. The number of carbonyl (C=O) groups is 1. The molecule has 4 heterocycles. The van der Waals surface area contributed by atoms with Crippen molar-refractivity contribution in [3.63, 3.8) is 0 Å². The van der Waals surface area contributed by atoms with E-state index in [4.69, 9.17) is 13.9 Å². The summed E-state index contributed by atoms with van der Waals surface area (Å²) in [5.41, 5.74) is 1.40. The number of aromatic nitrogens is 2. The first kappa shape index (κ1) is 18.5. The third kappa shape index (κ3) is 3.80. The molecule has 2 aliphatic heterocycles. The molecule has 1 amide bonds. The molecule has 1 saturated heterocycles. The number of nitrogens with zero attached hydrogens (tertiary/aromatic N) is 3. The fourth-order valence-corrected chi connectivity index (χ4v) is 3.81. The summed E-state index contributed by atoms with van der Waals surface area (Å²) in [5.74, 6) is 2.69. The summed E-state index contributed by atoms with van der Waals surface area (Å²) in [7, 11) is 0. The van der Waals surface area contributed by atoms with Gasteiger partial charge in [-0.1, -0.05) is 0 Å². The van der Waals surface area contributed by atoms with E-state index in [1.54, 1.807) is 6.26 Å². The Labute approximate surface area is 173 Å². The minimum atomic E-state index is -0.126. The van der Waals surface area contributed by atoms with Gasteiger partial charge in [-0.15, -0.1) is 10.2 Å². The molecule has 3 aromatic rings. The van der Waals surface area contributed by atoms with E-state index < -0.39 is 0 Å². The monoisotopic (exact) mass is 406 g/mol. The van der Waals surface area contributed by atoms with Gasteiger partial charge in [0.1, 0.15) is 18.9 Å². The molecule has 0 bridgehead atoms. The van der Waals surface area contributed by atoms with Gasteiger partial charge < -0.3 is 24.1 Å². The fourth-order valence-electron chi connectivity index (χ4n) is 3.81. The number of anilines is 2. The van der Waals surface area contributed by atoms with Crippen molar-refractivity contribution in [2.75, 3.05) is 36.5 Å². The van der Waals surface area contributed by atoms with E-state index in [1.165, 1.54) is 0 Å². The average molecular weight is 406 g/mol. The summed E-state index contributed by atoms with van der Waals surface area (Å²) in [6.07, 6.45) is 3.37. The predicted molar refractivity (Wildman–Crippen MR) is 111 cm³/mol. The Balaban J connectivity index is 1.24. The number of hydrogen-bond donors (Lipinski definition) is 1. The zero-order valence-corrected chi connectivity index (χ0v) is 16.4. The van der Waals surface area contributed by atoms with Crippen LogP contribution in [0.15, 0.2) is 53.1 Å². The molecule has 5 rings (SSSR count). The lowest BCUT2D eigenvalue weighted by atomic mass is 9.97. The number of ether oxygens (including phenoxy) is 2. The lowest BCUT2D eigenvalue weighted by molar-refractivity contribution is -0.120. The van der Waals surface area contributed by atoms with Crippen LogP contribution in [0.5, 0.6) is 11.5 Å². The second-order valence-electron chi connectivity index (χ2n) is 7.39. The second kappa shape index (κ2) is 8.06. The van der Waals surface area contributed by atoms with Crippen LogP contribution in [-0.2, 0) is 4.79 Å². The molecule has 0 aliphatic carbocycles. The van der Waals surface area contributed by atoms with Gasteiger partial charge in [0.25, 0.3) is 0 Å². The van der Waals surface area contributed by atoms with E-state index >= 15 is 0 Å². The van der Waals surface area contributed by atoms with E-state index in [2.05, 4.69) is 20.4 Å². The smallest absolute Gasteiger partial charge is 0.229 e. The Morgan fingerprint density at radius 3 is 2.77 bits per heavy atom. The van der Waals surface area contributed by atoms with Crippen molar-refractivity contribution in [3.8, 4) is 23.0 Å². The molecule has 0 spiro atoms. The number of carbonyl (C=O) groups excluding carboxylic acids is 1. The first-order valence-electron chi connectivity index (χ1n) is 10.1. The lowest BCUT2D eigenvalue weighted by Gasteiger charge is -2.32. The molecule has 1 fully saturated rings. The highest BCUT2D eigenvalue weighted by atomic mass is 16.6. The van der Waals surface area contributed by atoms with Crippen LogP contribution < -0.4 is 19.7 Å². The molecule has 1 N–H and O–H groups in total. The molecule has 30 heavy (non-hydrogen) atoms. The van der Waals surface area contributed by atoms with E-state index in [-0.39, 0.29) is 11.8 Å². The number of fused-ring (bicyclic) bond motifs is 1. The van der Waals surface area contributed by atoms with Crippen LogP contribution in [0.4, 0.5) is 11.5 Å². The van der Waals surface area contributed by atoms with E-state index in [1.807, 2.05) is 42.5 Å². The van der Waals surface area contributed by atoms with Gasteiger partial charge in [0.15, 0.2) is 23.1 Å². The van der Waals surface area contributed by atoms with Gasteiger partial charge in [0.05, 0.1) is 12.2 Å². The van der Waals surface area contributed by atoms with Gasteiger partial charge in [-0.25, -0.2) is 0 Å². The fraction of sp³-hybridized carbons (Fsp3) is 0.318. The topological polar surface area (TPSA) is 89.7 Å². The molecule has 1 aromatic carbocycles. The quantitative estimate of drug-likeness (QED) is 0.710. The number of furan rings is 1. The molecule has 8 nitrogen and oxygen atoms in total. The van der Waals surface area contributed by atoms with Crippen molar-refractivity contribution < 1.29 is 18.7 Å². The Morgan fingerprint density at radius 2 is 1.97 bits per heavy atom. The number of hydrogen-bond acceptors (Lipinski definition) is 7. The standard InChI is InChI=1S/C22H22N4O4/c27-22(23-16-5-7-19-20(13-16)30-12-11-29-19)15-3-1-9-26(14-15)21-8-6-17(24-25-21)18-4-2-10-28-18/h2,4-8,10,13,15H,1,3,9,11-12,14H2,(H,23,27). The summed E-state index contributed by atoms with van der Waals surface area (Å²) < 4.78 is 16.5. The number of benzene rings is 1. The number of rotatable bonds is 4. The zero-order chi connectivity index (χ0) is 20.3. The van der Waals surface area contributed by atoms with Crippen molar-refractivity contribution >= 4 is 17.4 Å². The zero-order valence-electron chi connectivity index (χ0n) is 16.4. The molecular weight excluding hydrogens is 384 g/mol. The minimum Gasteiger partial charge on any atom is -0.486 e. The maximum atomic E-state index is 12.9. The third-order valence-corrected chi connectivity index (χ3v) is 5.35. The van der Waals surface area contributed by atoms with Crippen molar-refractivity contribution in [1.29, 1.82) is 0 Å². The molecule has 0 radical (unpaired) electrons. The molecule has 0 saturated carbocycles. The van der Waals surface area contributed by atoms with Gasteiger partial charge in [0, 0.05) is 24.8 Å².